The van der Waals surface area contributed by atoms with Crippen molar-refractivity contribution in [2.45, 2.75) is 12.8 Å². The Morgan fingerprint density at radius 2 is 1.83 bits per heavy atom. The summed E-state index contributed by atoms with van der Waals surface area (Å²) in [6.45, 7) is 1.77. The molecule has 2 rings (SSSR count). The van der Waals surface area contributed by atoms with Crippen molar-refractivity contribution < 1.29 is 9.18 Å². The van der Waals surface area contributed by atoms with Crippen molar-refractivity contribution in [2.24, 2.45) is 0 Å². The van der Waals surface area contributed by atoms with E-state index in [9.17, 15) is 9.18 Å². The zero-order valence-electron chi connectivity index (χ0n) is 10.1. The Balaban J connectivity index is 2.40. The van der Waals surface area contributed by atoms with Gasteiger partial charge in [0.1, 0.15) is 5.82 Å². The van der Waals surface area contributed by atoms with Crippen molar-refractivity contribution in [1.29, 1.82) is 0 Å². The Morgan fingerprint density at radius 1 is 1.17 bits per heavy atom. The molecule has 0 aliphatic carbocycles. The van der Waals surface area contributed by atoms with Gasteiger partial charge in [0.2, 0.25) is 0 Å². The number of benzene rings is 2. The molecule has 0 spiro atoms. The average Bonchev–Trinajstić information content (AvgIpc) is 2.38. The third-order valence-electron chi connectivity index (χ3n) is 3.00. The van der Waals surface area contributed by atoms with E-state index in [4.69, 9.17) is 0 Å². The first-order valence-electron chi connectivity index (χ1n) is 5.74. The smallest absolute Gasteiger partial charge is 0.155 e. The van der Waals surface area contributed by atoms with E-state index in [1.165, 1.54) is 6.07 Å². The third-order valence-corrected chi connectivity index (χ3v) is 3.50. The molecule has 2 unspecified atom stereocenters. The topological polar surface area (TPSA) is 17.1 Å². The fourth-order valence-corrected chi connectivity index (χ4v) is 2.01. The van der Waals surface area contributed by atoms with Crippen LogP contribution in [0, 0.1) is 5.82 Å². The summed E-state index contributed by atoms with van der Waals surface area (Å²) in [6.07, 6.45) is 0. The Labute approximate surface area is 108 Å². The normalized spacial score (nSPS) is 12.2. The molecule has 0 N–H and O–H groups in total. The van der Waals surface area contributed by atoms with E-state index in [0.29, 0.717) is 11.1 Å². The molecule has 2 aromatic carbocycles. The lowest BCUT2D eigenvalue weighted by Gasteiger charge is -2.10. The SMILES string of the molecule is CC(C(=O)P)c1ccc(-c2ccccc2)c(F)c1. The molecule has 0 aliphatic rings. The molecule has 0 aliphatic heterocycles. The summed E-state index contributed by atoms with van der Waals surface area (Å²) in [7, 11) is 2.14. The molecule has 0 fully saturated rings. The summed E-state index contributed by atoms with van der Waals surface area (Å²) in [5.41, 5.74) is 2.06. The van der Waals surface area contributed by atoms with Crippen LogP contribution in [-0.4, -0.2) is 5.52 Å². The van der Waals surface area contributed by atoms with Crippen molar-refractivity contribution in [3.8, 4) is 11.1 Å². The van der Waals surface area contributed by atoms with Gasteiger partial charge in [-0.2, -0.15) is 0 Å². The van der Waals surface area contributed by atoms with E-state index in [1.807, 2.05) is 30.3 Å². The van der Waals surface area contributed by atoms with E-state index in [2.05, 4.69) is 9.24 Å². The van der Waals surface area contributed by atoms with Gasteiger partial charge >= 0.3 is 0 Å². The van der Waals surface area contributed by atoms with Crippen molar-refractivity contribution in [3.63, 3.8) is 0 Å². The molecule has 2 aromatic rings. The van der Waals surface area contributed by atoms with Crippen LogP contribution in [0.1, 0.15) is 18.4 Å². The highest BCUT2D eigenvalue weighted by Gasteiger charge is 2.13. The predicted molar refractivity (Wildman–Crippen MR) is 75.0 cm³/mol. The quantitative estimate of drug-likeness (QED) is 0.762. The maximum atomic E-state index is 14.0. The molecule has 2 atom stereocenters. The van der Waals surface area contributed by atoms with Gasteiger partial charge in [-0.05, 0) is 17.2 Å². The maximum absolute atomic E-state index is 14.0. The van der Waals surface area contributed by atoms with Crippen LogP contribution in [0.2, 0.25) is 0 Å². The van der Waals surface area contributed by atoms with Crippen molar-refractivity contribution >= 4 is 14.8 Å². The number of halogens is 1. The first-order chi connectivity index (χ1) is 8.59. The second-order valence-corrected chi connectivity index (χ2v) is 4.80. The van der Waals surface area contributed by atoms with Crippen LogP contribution >= 0.6 is 9.24 Å². The number of hydrogen-bond donors (Lipinski definition) is 0. The van der Waals surface area contributed by atoms with E-state index < -0.39 is 0 Å². The largest absolute Gasteiger partial charge is 0.295 e. The molecule has 0 amide bonds. The monoisotopic (exact) mass is 260 g/mol. The first kappa shape index (κ1) is 12.9. The molecule has 0 saturated heterocycles. The van der Waals surface area contributed by atoms with Crippen molar-refractivity contribution in [1.82, 2.24) is 0 Å². The zero-order valence-corrected chi connectivity index (χ0v) is 11.2. The molecule has 0 bridgehead atoms. The Kier molecular flexibility index (Phi) is 3.88. The molecule has 92 valence electrons. The number of carbonyl (C=O) groups is 1. The Morgan fingerprint density at radius 3 is 2.39 bits per heavy atom. The first-order valence-corrected chi connectivity index (χ1v) is 6.31. The molecule has 3 heteroatoms. The van der Waals surface area contributed by atoms with Crippen molar-refractivity contribution in [2.75, 3.05) is 0 Å². The fourth-order valence-electron chi connectivity index (χ4n) is 1.82. The third kappa shape index (κ3) is 2.65. The van der Waals surface area contributed by atoms with Gasteiger partial charge in [0.25, 0.3) is 0 Å². The average molecular weight is 260 g/mol. The highest BCUT2D eigenvalue weighted by molar-refractivity contribution is 7.40. The summed E-state index contributed by atoms with van der Waals surface area (Å²) in [6, 6.07) is 14.3. The summed E-state index contributed by atoms with van der Waals surface area (Å²) < 4.78 is 14.0. The van der Waals surface area contributed by atoms with Crippen LogP contribution in [0.3, 0.4) is 0 Å². The highest BCUT2D eigenvalue weighted by Crippen LogP contribution is 2.27. The molecular weight excluding hydrogens is 246 g/mol. The second kappa shape index (κ2) is 5.41. The lowest BCUT2D eigenvalue weighted by molar-refractivity contribution is -0.112. The maximum Gasteiger partial charge on any atom is 0.155 e. The lowest BCUT2D eigenvalue weighted by Crippen LogP contribution is -2.02. The van der Waals surface area contributed by atoms with Gasteiger partial charge in [0.15, 0.2) is 5.52 Å². The minimum absolute atomic E-state index is 0.0399. The Bertz CT molecular complexity index is 566. The van der Waals surface area contributed by atoms with Gasteiger partial charge in [-0.25, -0.2) is 4.39 Å². The van der Waals surface area contributed by atoms with Crippen LogP contribution in [-0.2, 0) is 4.79 Å². The van der Waals surface area contributed by atoms with Crippen molar-refractivity contribution in [3.05, 3.63) is 59.9 Å². The van der Waals surface area contributed by atoms with Gasteiger partial charge in [-0.15, -0.1) is 0 Å². The number of rotatable bonds is 3. The van der Waals surface area contributed by atoms with E-state index in [0.717, 1.165) is 5.56 Å². The number of hydrogen-bond acceptors (Lipinski definition) is 1. The van der Waals surface area contributed by atoms with E-state index in [1.54, 1.807) is 19.1 Å². The van der Waals surface area contributed by atoms with Crippen LogP contribution < -0.4 is 0 Å². The van der Waals surface area contributed by atoms with Gasteiger partial charge in [-0.1, -0.05) is 58.6 Å². The molecule has 0 heterocycles. The molecular formula is C15H14FOP. The van der Waals surface area contributed by atoms with E-state index >= 15 is 0 Å². The summed E-state index contributed by atoms with van der Waals surface area (Å²) in [4.78, 5) is 11.3. The second-order valence-electron chi connectivity index (χ2n) is 4.23. The molecule has 0 aromatic heterocycles. The number of carbonyl (C=O) groups excluding carboxylic acids is 1. The van der Waals surface area contributed by atoms with Gasteiger partial charge in [-0.3, -0.25) is 4.79 Å². The highest BCUT2D eigenvalue weighted by atomic mass is 31.0. The van der Waals surface area contributed by atoms with Gasteiger partial charge < -0.3 is 0 Å². The van der Waals surface area contributed by atoms with Gasteiger partial charge in [0.05, 0.1) is 0 Å². The summed E-state index contributed by atoms with van der Waals surface area (Å²) in [5, 5.41) is 0. The van der Waals surface area contributed by atoms with Gasteiger partial charge in [0, 0.05) is 11.5 Å². The molecule has 1 nitrogen and oxygen atoms in total. The lowest BCUT2D eigenvalue weighted by atomic mass is 9.98. The van der Waals surface area contributed by atoms with Crippen LogP contribution in [0.15, 0.2) is 48.5 Å². The van der Waals surface area contributed by atoms with Crippen LogP contribution in [0.25, 0.3) is 11.1 Å². The minimum atomic E-state index is -0.297. The molecule has 18 heavy (non-hydrogen) atoms. The molecule has 0 radical (unpaired) electrons. The standard InChI is InChI=1S/C15H14FOP/c1-10(15(17)18)12-7-8-13(14(16)9-12)11-5-3-2-4-6-11/h2-10H,18H2,1H3. The fraction of sp³-hybridized carbons (Fsp3) is 0.133. The Hall–Kier alpha value is -1.53. The summed E-state index contributed by atoms with van der Waals surface area (Å²) >= 11 is 0. The minimum Gasteiger partial charge on any atom is -0.295 e. The van der Waals surface area contributed by atoms with E-state index in [-0.39, 0.29) is 17.3 Å². The summed E-state index contributed by atoms with van der Waals surface area (Å²) in [5.74, 6) is -0.592. The molecule has 0 saturated carbocycles. The van der Waals surface area contributed by atoms with Crippen LogP contribution in [0.5, 0.6) is 0 Å². The predicted octanol–water partition coefficient (Wildman–Crippen LogP) is 4.00. The van der Waals surface area contributed by atoms with Crippen LogP contribution in [0.4, 0.5) is 4.39 Å². The zero-order chi connectivity index (χ0) is 13.1.